The Balaban J connectivity index is 1.50. The van der Waals surface area contributed by atoms with Crippen LogP contribution in [0.15, 0.2) is 89.4 Å². The van der Waals surface area contributed by atoms with E-state index in [-0.39, 0.29) is 0 Å². The van der Waals surface area contributed by atoms with Gasteiger partial charge in [0.2, 0.25) is 0 Å². The second kappa shape index (κ2) is 7.55. The summed E-state index contributed by atoms with van der Waals surface area (Å²) in [6.45, 7) is 2.27. The van der Waals surface area contributed by atoms with Crippen LogP contribution < -0.4 is 9.80 Å². The fraction of sp³-hybridized carbons (Fsp3) is 0.200. The quantitative estimate of drug-likeness (QED) is 0.484. The number of anilines is 2. The number of azo groups is 1. The van der Waals surface area contributed by atoms with Crippen molar-refractivity contribution in [3.8, 4) is 0 Å². The number of hydrogen-bond acceptors (Lipinski definition) is 4. The van der Waals surface area contributed by atoms with Gasteiger partial charge in [-0.1, -0.05) is 42.5 Å². The average molecular weight is 380 g/mol. The van der Waals surface area contributed by atoms with Gasteiger partial charge < -0.3 is 9.80 Å². The first kappa shape index (κ1) is 17.7. The van der Waals surface area contributed by atoms with E-state index in [2.05, 4.69) is 100 Å². The van der Waals surface area contributed by atoms with Crippen LogP contribution in [0.25, 0.3) is 16.3 Å². The summed E-state index contributed by atoms with van der Waals surface area (Å²) in [4.78, 5) is 4.60. The smallest absolute Gasteiger partial charge is 0.0936 e. The topological polar surface area (TPSA) is 31.2 Å². The molecule has 0 aliphatic carbocycles. The van der Waals surface area contributed by atoms with E-state index >= 15 is 0 Å². The molecule has 29 heavy (non-hydrogen) atoms. The maximum atomic E-state index is 4.57. The van der Waals surface area contributed by atoms with Crippen molar-refractivity contribution in [1.29, 1.82) is 0 Å². The lowest BCUT2D eigenvalue weighted by Gasteiger charge is -2.23. The fourth-order valence-corrected chi connectivity index (χ4v) is 4.24. The van der Waals surface area contributed by atoms with Crippen LogP contribution in [-0.4, -0.2) is 20.1 Å². The minimum atomic E-state index is 0.908. The summed E-state index contributed by atoms with van der Waals surface area (Å²) in [6.07, 6.45) is 8.53. The van der Waals surface area contributed by atoms with Crippen LogP contribution >= 0.6 is 0 Å². The predicted molar refractivity (Wildman–Crippen MR) is 122 cm³/mol. The molecule has 2 heterocycles. The molecule has 2 aliphatic rings. The first-order valence-corrected chi connectivity index (χ1v) is 10.2. The molecule has 4 heteroatoms. The van der Waals surface area contributed by atoms with Crippen molar-refractivity contribution in [2.75, 3.05) is 29.9 Å². The zero-order valence-electron chi connectivity index (χ0n) is 16.6. The van der Waals surface area contributed by atoms with Gasteiger partial charge in [0.15, 0.2) is 0 Å². The first-order valence-electron chi connectivity index (χ1n) is 10.2. The van der Waals surface area contributed by atoms with Crippen molar-refractivity contribution in [2.45, 2.75) is 12.8 Å². The summed E-state index contributed by atoms with van der Waals surface area (Å²) < 4.78 is 0. The van der Waals surface area contributed by atoms with Crippen LogP contribution in [0.1, 0.15) is 18.4 Å². The number of para-hydroxylation sites is 1. The molecule has 4 nitrogen and oxygen atoms in total. The van der Waals surface area contributed by atoms with E-state index in [9.17, 15) is 0 Å². The Labute approximate surface area is 171 Å². The fourth-order valence-electron chi connectivity index (χ4n) is 4.24. The van der Waals surface area contributed by atoms with E-state index in [1.165, 1.54) is 35.2 Å². The Morgan fingerprint density at radius 3 is 2.45 bits per heavy atom. The van der Waals surface area contributed by atoms with Crippen molar-refractivity contribution in [3.05, 3.63) is 84.7 Å². The Kier molecular flexibility index (Phi) is 4.60. The van der Waals surface area contributed by atoms with Gasteiger partial charge in [-0.2, -0.15) is 10.2 Å². The second-order valence-electron chi connectivity index (χ2n) is 7.59. The Morgan fingerprint density at radius 2 is 1.59 bits per heavy atom. The highest BCUT2D eigenvalue weighted by Crippen LogP contribution is 2.36. The highest BCUT2D eigenvalue weighted by Gasteiger charge is 2.16. The Morgan fingerprint density at radius 1 is 0.828 bits per heavy atom. The van der Waals surface area contributed by atoms with E-state index in [0.717, 1.165) is 29.7 Å². The van der Waals surface area contributed by atoms with Crippen molar-refractivity contribution >= 4 is 33.4 Å². The van der Waals surface area contributed by atoms with Crippen LogP contribution in [0.3, 0.4) is 0 Å². The molecule has 0 bridgehead atoms. The number of allylic oxidation sites excluding steroid dienone is 2. The predicted octanol–water partition coefficient (Wildman–Crippen LogP) is 6.53. The van der Waals surface area contributed by atoms with Crippen LogP contribution in [0.5, 0.6) is 0 Å². The third-order valence-corrected chi connectivity index (χ3v) is 5.76. The molecule has 1 saturated heterocycles. The molecule has 144 valence electrons. The van der Waals surface area contributed by atoms with E-state index in [1.54, 1.807) is 0 Å². The lowest BCUT2D eigenvalue weighted by atomic mass is 10.0. The molecule has 3 aromatic carbocycles. The summed E-state index contributed by atoms with van der Waals surface area (Å²) in [6, 6.07) is 21.1. The minimum Gasteiger partial charge on any atom is -0.371 e. The van der Waals surface area contributed by atoms with Gasteiger partial charge in [0, 0.05) is 59.6 Å². The SMILES string of the molecule is CN1C=C/C(=C\N=Nc2ccc(N3CCCC3)c3ccccc23)c2ccccc21. The van der Waals surface area contributed by atoms with Gasteiger partial charge >= 0.3 is 0 Å². The third-order valence-electron chi connectivity index (χ3n) is 5.76. The molecule has 0 aromatic heterocycles. The minimum absolute atomic E-state index is 0.908. The van der Waals surface area contributed by atoms with Gasteiger partial charge in [-0.25, -0.2) is 0 Å². The maximum Gasteiger partial charge on any atom is 0.0936 e. The van der Waals surface area contributed by atoms with Crippen molar-refractivity contribution in [1.82, 2.24) is 0 Å². The molecule has 0 saturated carbocycles. The second-order valence-corrected chi connectivity index (χ2v) is 7.59. The summed E-state index contributed by atoms with van der Waals surface area (Å²) in [5, 5.41) is 11.4. The molecular formula is C25H24N4. The summed E-state index contributed by atoms with van der Waals surface area (Å²) >= 11 is 0. The number of rotatable bonds is 3. The van der Waals surface area contributed by atoms with Gasteiger partial charge in [0.25, 0.3) is 0 Å². The van der Waals surface area contributed by atoms with Crippen LogP contribution in [-0.2, 0) is 0 Å². The molecule has 0 amide bonds. The van der Waals surface area contributed by atoms with Gasteiger partial charge in [0.1, 0.15) is 0 Å². The summed E-state index contributed by atoms with van der Waals surface area (Å²) in [7, 11) is 2.06. The zero-order chi connectivity index (χ0) is 19.6. The standard InChI is InChI=1S/C25H24N4/c1-28-17-14-19(20-8-4-5-11-24(20)28)18-26-27-23-12-13-25(29-15-6-7-16-29)22-10-3-2-9-21(22)23/h2-5,8-14,17-18H,6-7,15-16H2,1H3/b19-18+,27-26?. The highest BCUT2D eigenvalue weighted by molar-refractivity contribution is 6.01. The molecule has 1 fully saturated rings. The molecule has 0 unspecified atom stereocenters. The zero-order valence-corrected chi connectivity index (χ0v) is 16.6. The number of hydrogen-bond donors (Lipinski definition) is 0. The first-order chi connectivity index (χ1) is 14.3. The van der Waals surface area contributed by atoms with E-state index < -0.39 is 0 Å². The maximum absolute atomic E-state index is 4.57. The lowest BCUT2D eigenvalue weighted by Crippen LogP contribution is -2.17. The van der Waals surface area contributed by atoms with Gasteiger partial charge in [-0.15, -0.1) is 0 Å². The molecule has 5 rings (SSSR count). The number of benzene rings is 3. The molecule has 3 aromatic rings. The number of nitrogens with zero attached hydrogens (tertiary/aromatic N) is 4. The van der Waals surface area contributed by atoms with E-state index in [0.29, 0.717) is 0 Å². The summed E-state index contributed by atoms with van der Waals surface area (Å²) in [5.74, 6) is 0. The molecular weight excluding hydrogens is 356 g/mol. The third kappa shape index (κ3) is 3.31. The largest absolute Gasteiger partial charge is 0.371 e. The van der Waals surface area contributed by atoms with Crippen molar-refractivity contribution in [3.63, 3.8) is 0 Å². The van der Waals surface area contributed by atoms with Crippen LogP contribution in [0.4, 0.5) is 17.1 Å². The molecule has 0 atom stereocenters. The van der Waals surface area contributed by atoms with E-state index in [1.807, 2.05) is 6.20 Å². The van der Waals surface area contributed by atoms with Crippen LogP contribution in [0, 0.1) is 0 Å². The molecule has 0 N–H and O–H groups in total. The highest BCUT2D eigenvalue weighted by atomic mass is 15.1. The van der Waals surface area contributed by atoms with Gasteiger partial charge in [-0.05, 0) is 37.1 Å². The van der Waals surface area contributed by atoms with E-state index in [4.69, 9.17) is 0 Å². The summed E-state index contributed by atoms with van der Waals surface area (Å²) in [5.41, 5.74) is 5.64. The lowest BCUT2D eigenvalue weighted by molar-refractivity contribution is 0.949. The van der Waals surface area contributed by atoms with Crippen molar-refractivity contribution < 1.29 is 0 Å². The van der Waals surface area contributed by atoms with Crippen LogP contribution in [0.2, 0.25) is 0 Å². The molecule has 0 radical (unpaired) electrons. The van der Waals surface area contributed by atoms with Gasteiger partial charge in [-0.3, -0.25) is 0 Å². The number of fused-ring (bicyclic) bond motifs is 2. The molecule has 2 aliphatic heterocycles. The average Bonchev–Trinajstić information content (AvgIpc) is 3.30. The van der Waals surface area contributed by atoms with Crippen molar-refractivity contribution in [2.24, 2.45) is 10.2 Å². The monoisotopic (exact) mass is 380 g/mol. The Hall–Kier alpha value is -3.40. The Bertz CT molecular complexity index is 1140. The van der Waals surface area contributed by atoms with Gasteiger partial charge in [0.05, 0.1) is 11.9 Å². The normalized spacial score (nSPS) is 17.6. The molecule has 0 spiro atoms.